The molecule has 0 spiro atoms. The Morgan fingerprint density at radius 1 is 1.50 bits per heavy atom. The predicted molar refractivity (Wildman–Crippen MR) is 45.2 cm³/mol. The second-order valence-electron chi connectivity index (χ2n) is 3.51. The molecule has 0 aromatic carbocycles. The molecule has 12 heavy (non-hydrogen) atoms. The predicted octanol–water partition coefficient (Wildman–Crippen LogP) is 0.316. The van der Waals surface area contributed by atoms with Gasteiger partial charge in [0.15, 0.2) is 0 Å². The number of nitrogens with one attached hydrogen (secondary N) is 1. The summed E-state index contributed by atoms with van der Waals surface area (Å²) in [4.78, 5) is 15.9. The Kier molecular flexibility index (Phi) is 3.06. The van der Waals surface area contributed by atoms with Gasteiger partial charge in [0, 0.05) is 7.05 Å². The fourth-order valence-corrected chi connectivity index (χ4v) is 0.310. The van der Waals surface area contributed by atoms with Crippen LogP contribution in [0, 0.1) is 10.8 Å². The van der Waals surface area contributed by atoms with Gasteiger partial charge in [0.05, 0.1) is 5.41 Å². The number of hydrogen-bond donors (Lipinski definition) is 2. The van der Waals surface area contributed by atoms with E-state index in [2.05, 4.69) is 0 Å². The number of hydrogen-bond acceptors (Lipinski definition) is 3. The first-order valence-corrected chi connectivity index (χ1v) is 3.55. The van der Waals surface area contributed by atoms with Gasteiger partial charge in [-0.2, -0.15) is 5.06 Å². The molecule has 0 aromatic heterocycles. The Labute approximate surface area is 71.9 Å². The van der Waals surface area contributed by atoms with Crippen LogP contribution in [0.5, 0.6) is 0 Å². The van der Waals surface area contributed by atoms with E-state index in [1.165, 1.54) is 7.05 Å². The summed E-state index contributed by atoms with van der Waals surface area (Å²) in [5, 5.41) is 7.85. The second-order valence-corrected chi connectivity index (χ2v) is 3.51. The maximum Gasteiger partial charge on any atom is 0.337 e. The first-order chi connectivity index (χ1) is 5.25. The minimum Gasteiger partial charge on any atom is -0.368 e. The zero-order valence-electron chi connectivity index (χ0n) is 7.84. The van der Waals surface area contributed by atoms with Crippen LogP contribution in [0.3, 0.4) is 0 Å². The molecule has 0 saturated heterocycles. The van der Waals surface area contributed by atoms with Crippen molar-refractivity contribution >= 4 is 11.9 Å². The van der Waals surface area contributed by atoms with E-state index < -0.39 is 11.4 Å². The van der Waals surface area contributed by atoms with E-state index in [0.29, 0.717) is 0 Å². The van der Waals surface area contributed by atoms with E-state index >= 15 is 0 Å². The monoisotopic (exact) mass is 173 g/mol. The molecular formula is C7H15N3O2. The molecule has 0 bridgehead atoms. The molecule has 0 saturated carbocycles. The Balaban J connectivity index is 4.11. The molecule has 5 heteroatoms. The van der Waals surface area contributed by atoms with Crippen molar-refractivity contribution in [2.45, 2.75) is 20.8 Å². The standard InChI is InChI=1S/C7H15N3O2/c1-7(2,3)5(11)12-10(4)6(8)9/h1-4H3,(H3,8,9). The largest absolute Gasteiger partial charge is 0.368 e. The fourth-order valence-electron chi connectivity index (χ4n) is 0.310. The highest BCUT2D eigenvalue weighted by atomic mass is 16.7. The molecule has 0 aliphatic carbocycles. The third kappa shape index (κ3) is 3.23. The fraction of sp³-hybridized carbons (Fsp3) is 0.714. The van der Waals surface area contributed by atoms with Gasteiger partial charge in [-0.15, -0.1) is 0 Å². The number of carbonyl (C=O) groups excluding carboxylic acids is 1. The average molecular weight is 173 g/mol. The zero-order chi connectivity index (χ0) is 9.94. The molecular weight excluding hydrogens is 158 g/mol. The lowest BCUT2D eigenvalue weighted by Gasteiger charge is -2.21. The lowest BCUT2D eigenvalue weighted by atomic mass is 9.98. The molecule has 5 nitrogen and oxygen atoms in total. The van der Waals surface area contributed by atoms with Crippen molar-refractivity contribution < 1.29 is 9.63 Å². The van der Waals surface area contributed by atoms with Gasteiger partial charge in [0.2, 0.25) is 5.96 Å². The normalized spacial score (nSPS) is 10.7. The van der Waals surface area contributed by atoms with E-state index in [1.807, 2.05) is 0 Å². The third-order valence-electron chi connectivity index (χ3n) is 1.17. The minimum atomic E-state index is -0.580. The summed E-state index contributed by atoms with van der Waals surface area (Å²) < 4.78 is 0. The lowest BCUT2D eigenvalue weighted by Crippen LogP contribution is -2.38. The quantitative estimate of drug-likeness (QED) is 0.314. The molecule has 0 atom stereocenters. The Morgan fingerprint density at radius 3 is 2.17 bits per heavy atom. The maximum absolute atomic E-state index is 11.2. The van der Waals surface area contributed by atoms with Crippen LogP contribution in [0.4, 0.5) is 0 Å². The van der Waals surface area contributed by atoms with Crippen LogP contribution >= 0.6 is 0 Å². The Bertz CT molecular complexity index is 195. The van der Waals surface area contributed by atoms with Crippen molar-refractivity contribution in [3.63, 3.8) is 0 Å². The number of guanidine groups is 1. The van der Waals surface area contributed by atoms with Gasteiger partial charge in [-0.3, -0.25) is 5.41 Å². The van der Waals surface area contributed by atoms with Crippen molar-refractivity contribution in [2.75, 3.05) is 7.05 Å². The third-order valence-corrected chi connectivity index (χ3v) is 1.17. The molecule has 0 rings (SSSR count). The Morgan fingerprint density at radius 2 is 1.92 bits per heavy atom. The van der Waals surface area contributed by atoms with Crippen molar-refractivity contribution in [2.24, 2.45) is 11.1 Å². The van der Waals surface area contributed by atoms with Crippen molar-refractivity contribution in [1.29, 1.82) is 5.41 Å². The van der Waals surface area contributed by atoms with E-state index in [-0.39, 0.29) is 5.96 Å². The molecule has 0 unspecified atom stereocenters. The first kappa shape index (κ1) is 10.7. The SMILES string of the molecule is CN(OC(=O)C(C)(C)C)C(=N)N. The average Bonchev–Trinajstić information content (AvgIpc) is 1.85. The van der Waals surface area contributed by atoms with Gasteiger partial charge in [-0.05, 0) is 20.8 Å². The molecule has 0 heterocycles. The van der Waals surface area contributed by atoms with Crippen LogP contribution in [0.15, 0.2) is 0 Å². The Hall–Kier alpha value is -1.26. The molecule has 70 valence electrons. The smallest absolute Gasteiger partial charge is 0.337 e. The highest BCUT2D eigenvalue weighted by molar-refractivity contribution is 5.79. The first-order valence-electron chi connectivity index (χ1n) is 3.55. The van der Waals surface area contributed by atoms with Gasteiger partial charge >= 0.3 is 5.97 Å². The summed E-state index contributed by atoms with van der Waals surface area (Å²) in [6, 6.07) is 0. The number of rotatable bonds is 0. The number of carbonyl (C=O) groups is 1. The van der Waals surface area contributed by atoms with Gasteiger partial charge in [0.1, 0.15) is 0 Å². The summed E-state index contributed by atoms with van der Waals surface area (Å²) >= 11 is 0. The number of nitrogens with two attached hydrogens (primary N) is 1. The molecule has 0 aromatic rings. The number of nitrogens with zero attached hydrogens (tertiary/aromatic N) is 1. The van der Waals surface area contributed by atoms with E-state index in [0.717, 1.165) is 5.06 Å². The van der Waals surface area contributed by atoms with Crippen LogP contribution in [-0.4, -0.2) is 24.0 Å². The molecule has 0 aliphatic heterocycles. The van der Waals surface area contributed by atoms with Gasteiger partial charge in [-0.25, -0.2) is 4.79 Å². The number of hydroxylamine groups is 2. The molecule has 0 radical (unpaired) electrons. The summed E-state index contributed by atoms with van der Waals surface area (Å²) in [7, 11) is 1.41. The second kappa shape index (κ2) is 3.42. The van der Waals surface area contributed by atoms with Crippen LogP contribution < -0.4 is 5.73 Å². The van der Waals surface area contributed by atoms with Crippen molar-refractivity contribution in [3.8, 4) is 0 Å². The summed E-state index contributed by atoms with van der Waals surface area (Å²) in [5.74, 6) is -0.715. The summed E-state index contributed by atoms with van der Waals surface area (Å²) in [6.45, 7) is 5.18. The van der Waals surface area contributed by atoms with Gasteiger partial charge in [-0.1, -0.05) is 0 Å². The van der Waals surface area contributed by atoms with Crippen molar-refractivity contribution in [1.82, 2.24) is 5.06 Å². The van der Waals surface area contributed by atoms with Gasteiger partial charge < -0.3 is 10.6 Å². The topological polar surface area (TPSA) is 79.4 Å². The maximum atomic E-state index is 11.2. The zero-order valence-corrected chi connectivity index (χ0v) is 7.84. The van der Waals surface area contributed by atoms with Crippen LogP contribution in [0.2, 0.25) is 0 Å². The lowest BCUT2D eigenvalue weighted by molar-refractivity contribution is -0.179. The molecule has 0 amide bonds. The van der Waals surface area contributed by atoms with E-state index in [4.69, 9.17) is 16.0 Å². The van der Waals surface area contributed by atoms with Crippen LogP contribution in [0.25, 0.3) is 0 Å². The van der Waals surface area contributed by atoms with E-state index in [1.54, 1.807) is 20.8 Å². The molecule has 3 N–H and O–H groups in total. The minimum absolute atomic E-state index is 0.299. The summed E-state index contributed by atoms with van der Waals surface area (Å²) in [5.41, 5.74) is 4.48. The summed E-state index contributed by atoms with van der Waals surface area (Å²) in [6.07, 6.45) is 0. The highest BCUT2D eigenvalue weighted by Crippen LogP contribution is 2.15. The van der Waals surface area contributed by atoms with Crippen LogP contribution in [0.1, 0.15) is 20.8 Å². The molecule has 0 fully saturated rings. The highest BCUT2D eigenvalue weighted by Gasteiger charge is 2.25. The van der Waals surface area contributed by atoms with Crippen molar-refractivity contribution in [3.05, 3.63) is 0 Å². The van der Waals surface area contributed by atoms with E-state index in [9.17, 15) is 4.79 Å². The molecule has 0 aliphatic rings. The van der Waals surface area contributed by atoms with Gasteiger partial charge in [0.25, 0.3) is 0 Å². The van der Waals surface area contributed by atoms with Crippen LogP contribution in [-0.2, 0) is 9.63 Å².